The van der Waals surface area contributed by atoms with Crippen molar-refractivity contribution in [2.45, 2.75) is 20.0 Å². The normalized spacial score (nSPS) is 10.3. The Hall–Kier alpha value is -1.25. The van der Waals surface area contributed by atoms with Crippen LogP contribution in [0.4, 0.5) is 10.1 Å². The summed E-state index contributed by atoms with van der Waals surface area (Å²) in [6, 6.07) is 4.28. The van der Waals surface area contributed by atoms with E-state index < -0.39 is 0 Å². The van der Waals surface area contributed by atoms with Crippen LogP contribution in [0.1, 0.15) is 13.8 Å². The van der Waals surface area contributed by atoms with E-state index in [-0.39, 0.29) is 17.7 Å². The Kier molecular flexibility index (Phi) is 2.53. The monoisotopic (exact) mass is 169 g/mol. The molecule has 0 saturated heterocycles. The van der Waals surface area contributed by atoms with E-state index in [4.69, 9.17) is 10.5 Å². The Labute approximate surface area is 71.1 Å². The summed E-state index contributed by atoms with van der Waals surface area (Å²) in [5.41, 5.74) is 5.96. The van der Waals surface area contributed by atoms with Gasteiger partial charge in [-0.1, -0.05) is 0 Å². The molecule has 0 aromatic heterocycles. The summed E-state index contributed by atoms with van der Waals surface area (Å²) >= 11 is 0. The second-order valence-corrected chi connectivity index (χ2v) is 2.86. The van der Waals surface area contributed by atoms with E-state index >= 15 is 0 Å². The number of nitrogens with two attached hydrogens (primary N) is 1. The SMILES string of the molecule is CC(C)Oc1cc(N)ccc1F. The van der Waals surface area contributed by atoms with Crippen LogP contribution in [0.3, 0.4) is 0 Å². The number of hydrogen-bond donors (Lipinski definition) is 1. The van der Waals surface area contributed by atoms with Gasteiger partial charge in [-0.3, -0.25) is 0 Å². The first-order valence-electron chi connectivity index (χ1n) is 3.81. The Morgan fingerprint density at radius 3 is 2.67 bits per heavy atom. The lowest BCUT2D eigenvalue weighted by Crippen LogP contribution is -2.07. The molecular weight excluding hydrogens is 157 g/mol. The topological polar surface area (TPSA) is 35.2 Å². The maximum Gasteiger partial charge on any atom is 0.165 e. The molecule has 12 heavy (non-hydrogen) atoms. The fourth-order valence-corrected chi connectivity index (χ4v) is 0.864. The summed E-state index contributed by atoms with van der Waals surface area (Å²) in [5, 5.41) is 0. The first kappa shape index (κ1) is 8.84. The Bertz CT molecular complexity index is 273. The maximum absolute atomic E-state index is 12.9. The Morgan fingerprint density at radius 2 is 2.08 bits per heavy atom. The van der Waals surface area contributed by atoms with E-state index in [1.54, 1.807) is 0 Å². The van der Waals surface area contributed by atoms with Crippen LogP contribution in [0.15, 0.2) is 18.2 Å². The predicted molar refractivity (Wildman–Crippen MR) is 46.6 cm³/mol. The van der Waals surface area contributed by atoms with Gasteiger partial charge in [0.05, 0.1) is 6.10 Å². The molecule has 0 heterocycles. The lowest BCUT2D eigenvalue weighted by Gasteiger charge is -2.10. The van der Waals surface area contributed by atoms with Crippen LogP contribution in [0.2, 0.25) is 0 Å². The highest BCUT2D eigenvalue weighted by molar-refractivity contribution is 5.44. The number of hydrogen-bond acceptors (Lipinski definition) is 2. The van der Waals surface area contributed by atoms with Crippen LogP contribution < -0.4 is 10.5 Å². The number of benzene rings is 1. The molecule has 66 valence electrons. The van der Waals surface area contributed by atoms with Gasteiger partial charge >= 0.3 is 0 Å². The molecule has 0 bridgehead atoms. The molecule has 0 spiro atoms. The van der Waals surface area contributed by atoms with Crippen molar-refractivity contribution >= 4 is 5.69 Å². The molecule has 0 aliphatic rings. The second-order valence-electron chi connectivity index (χ2n) is 2.86. The summed E-state index contributed by atoms with van der Waals surface area (Å²) in [6.45, 7) is 3.67. The molecule has 1 aromatic carbocycles. The highest BCUT2D eigenvalue weighted by Gasteiger charge is 2.04. The van der Waals surface area contributed by atoms with Crippen LogP contribution in [0.25, 0.3) is 0 Å². The van der Waals surface area contributed by atoms with Crippen molar-refractivity contribution in [3.63, 3.8) is 0 Å². The zero-order valence-electron chi connectivity index (χ0n) is 7.17. The zero-order valence-corrected chi connectivity index (χ0v) is 7.17. The molecule has 0 fully saturated rings. The molecular formula is C9H12FNO. The van der Waals surface area contributed by atoms with Gasteiger partial charge in [-0.15, -0.1) is 0 Å². The number of anilines is 1. The summed E-state index contributed by atoms with van der Waals surface area (Å²) in [7, 11) is 0. The van der Waals surface area contributed by atoms with E-state index in [1.807, 2.05) is 13.8 Å². The van der Waals surface area contributed by atoms with Gasteiger partial charge in [0, 0.05) is 11.8 Å². The van der Waals surface area contributed by atoms with Crippen LogP contribution in [-0.4, -0.2) is 6.10 Å². The fraction of sp³-hybridized carbons (Fsp3) is 0.333. The lowest BCUT2D eigenvalue weighted by molar-refractivity contribution is 0.231. The van der Waals surface area contributed by atoms with Gasteiger partial charge in [0.1, 0.15) is 0 Å². The van der Waals surface area contributed by atoms with Crippen molar-refractivity contribution in [2.75, 3.05) is 5.73 Å². The fourth-order valence-electron chi connectivity index (χ4n) is 0.864. The quantitative estimate of drug-likeness (QED) is 0.689. The van der Waals surface area contributed by atoms with Crippen molar-refractivity contribution in [1.29, 1.82) is 0 Å². The van der Waals surface area contributed by atoms with Crippen LogP contribution in [-0.2, 0) is 0 Å². The standard InChI is InChI=1S/C9H12FNO/c1-6(2)12-9-5-7(11)3-4-8(9)10/h3-6H,11H2,1-2H3. The number of ether oxygens (including phenoxy) is 1. The van der Waals surface area contributed by atoms with E-state index in [9.17, 15) is 4.39 Å². The maximum atomic E-state index is 12.9. The van der Waals surface area contributed by atoms with Gasteiger partial charge in [-0.2, -0.15) is 0 Å². The molecule has 0 aliphatic carbocycles. The first-order chi connectivity index (χ1) is 5.59. The number of rotatable bonds is 2. The highest BCUT2D eigenvalue weighted by Crippen LogP contribution is 2.20. The first-order valence-corrected chi connectivity index (χ1v) is 3.81. The molecule has 1 aromatic rings. The van der Waals surface area contributed by atoms with Gasteiger partial charge in [0.25, 0.3) is 0 Å². The minimum Gasteiger partial charge on any atom is -0.488 e. The van der Waals surface area contributed by atoms with E-state index in [0.717, 1.165) is 0 Å². The third-order valence-electron chi connectivity index (χ3n) is 1.32. The van der Waals surface area contributed by atoms with E-state index in [1.165, 1.54) is 18.2 Å². The van der Waals surface area contributed by atoms with Crippen molar-refractivity contribution in [2.24, 2.45) is 0 Å². The molecule has 0 amide bonds. The van der Waals surface area contributed by atoms with Crippen LogP contribution in [0, 0.1) is 5.82 Å². The number of halogens is 1. The molecule has 3 heteroatoms. The van der Waals surface area contributed by atoms with Gasteiger partial charge in [0.15, 0.2) is 11.6 Å². The molecule has 0 aliphatic heterocycles. The average molecular weight is 169 g/mol. The average Bonchev–Trinajstić information content (AvgIpc) is 1.96. The Balaban J connectivity index is 2.90. The summed E-state index contributed by atoms with van der Waals surface area (Å²) in [6.07, 6.45) is -0.0405. The minimum atomic E-state index is -0.377. The molecule has 0 atom stereocenters. The van der Waals surface area contributed by atoms with Crippen molar-refractivity contribution < 1.29 is 9.13 Å². The van der Waals surface area contributed by atoms with Crippen LogP contribution in [0.5, 0.6) is 5.75 Å². The largest absolute Gasteiger partial charge is 0.488 e. The zero-order chi connectivity index (χ0) is 9.14. The van der Waals surface area contributed by atoms with Crippen molar-refractivity contribution in [3.05, 3.63) is 24.0 Å². The van der Waals surface area contributed by atoms with Gasteiger partial charge in [0.2, 0.25) is 0 Å². The molecule has 0 radical (unpaired) electrons. The van der Waals surface area contributed by atoms with Gasteiger partial charge in [-0.05, 0) is 26.0 Å². The van der Waals surface area contributed by atoms with Gasteiger partial charge in [-0.25, -0.2) is 4.39 Å². The summed E-state index contributed by atoms with van der Waals surface area (Å²) < 4.78 is 18.1. The summed E-state index contributed by atoms with van der Waals surface area (Å²) in [5.74, 6) is -0.164. The molecule has 2 nitrogen and oxygen atoms in total. The lowest BCUT2D eigenvalue weighted by atomic mass is 10.3. The van der Waals surface area contributed by atoms with Crippen LogP contribution >= 0.6 is 0 Å². The minimum absolute atomic E-state index is 0.0405. The van der Waals surface area contributed by atoms with Crippen molar-refractivity contribution in [1.82, 2.24) is 0 Å². The summed E-state index contributed by atoms with van der Waals surface area (Å²) in [4.78, 5) is 0. The second kappa shape index (κ2) is 3.43. The van der Waals surface area contributed by atoms with Crippen molar-refractivity contribution in [3.8, 4) is 5.75 Å². The van der Waals surface area contributed by atoms with E-state index in [2.05, 4.69) is 0 Å². The smallest absolute Gasteiger partial charge is 0.165 e. The third kappa shape index (κ3) is 2.12. The molecule has 2 N–H and O–H groups in total. The molecule has 1 rings (SSSR count). The van der Waals surface area contributed by atoms with E-state index in [0.29, 0.717) is 5.69 Å². The highest BCUT2D eigenvalue weighted by atomic mass is 19.1. The predicted octanol–water partition coefficient (Wildman–Crippen LogP) is 2.20. The molecule has 0 unspecified atom stereocenters. The Morgan fingerprint density at radius 1 is 1.42 bits per heavy atom. The number of nitrogen functional groups attached to an aromatic ring is 1. The molecule has 0 saturated carbocycles. The van der Waals surface area contributed by atoms with Gasteiger partial charge < -0.3 is 10.5 Å². The third-order valence-corrected chi connectivity index (χ3v) is 1.32.